The molecule has 1 aromatic carbocycles. The summed E-state index contributed by atoms with van der Waals surface area (Å²) in [5.41, 5.74) is 1.38. The van der Waals surface area contributed by atoms with E-state index >= 15 is 0 Å². The van der Waals surface area contributed by atoms with Crippen molar-refractivity contribution in [1.82, 2.24) is 4.57 Å². The highest BCUT2D eigenvalue weighted by Crippen LogP contribution is 2.31. The smallest absolute Gasteiger partial charge is 0.125 e. The molecule has 0 aliphatic rings. The maximum Gasteiger partial charge on any atom is 0.125 e. The molecule has 1 nitrogen and oxygen atoms in total. The van der Waals surface area contributed by atoms with Crippen LogP contribution in [0.25, 0.3) is 10.2 Å². The van der Waals surface area contributed by atoms with Crippen LogP contribution in [0.2, 0.25) is 0 Å². The second-order valence-corrected chi connectivity index (χ2v) is 11.1. The van der Waals surface area contributed by atoms with Gasteiger partial charge in [0.15, 0.2) is 0 Å². The number of halogens is 1. The molecular weight excluding hydrogens is 317 g/mol. The SMILES string of the molecule is Cn1c(=IC(C)(C)C)sc2ccccc21. The number of hydrogen-bond acceptors (Lipinski definition) is 1. The van der Waals surface area contributed by atoms with Crippen LogP contribution in [0.5, 0.6) is 0 Å². The van der Waals surface area contributed by atoms with E-state index in [1.165, 1.54) is 10.2 Å². The number of nitrogens with zero attached hydrogens (tertiary/aromatic N) is 1. The molecule has 0 N–H and O–H groups in total. The van der Waals surface area contributed by atoms with Crippen LogP contribution >= 0.6 is 32.1 Å². The van der Waals surface area contributed by atoms with Crippen molar-refractivity contribution >= 4 is 42.3 Å². The van der Waals surface area contributed by atoms with Crippen molar-refractivity contribution in [3.63, 3.8) is 0 Å². The lowest BCUT2D eigenvalue weighted by atomic mass is 10.3. The van der Waals surface area contributed by atoms with Crippen molar-refractivity contribution in [1.29, 1.82) is 0 Å². The Balaban J connectivity index is 2.74. The van der Waals surface area contributed by atoms with Crippen molar-refractivity contribution < 1.29 is 0 Å². The fourth-order valence-electron chi connectivity index (χ4n) is 1.40. The first kappa shape index (κ1) is 11.3. The second-order valence-electron chi connectivity index (χ2n) is 4.54. The van der Waals surface area contributed by atoms with Gasteiger partial charge in [0.05, 0.1) is 10.2 Å². The summed E-state index contributed by atoms with van der Waals surface area (Å²) in [6.45, 7) is 7.01. The van der Waals surface area contributed by atoms with Gasteiger partial charge >= 0.3 is 0 Å². The number of aryl methyl sites for hydroxylation is 1. The molecule has 0 saturated heterocycles. The maximum atomic E-state index is 2.37. The Morgan fingerprint density at radius 1 is 1.20 bits per heavy atom. The third-order valence-corrected chi connectivity index (χ3v) is 7.04. The van der Waals surface area contributed by atoms with E-state index in [2.05, 4.69) is 56.7 Å². The van der Waals surface area contributed by atoms with E-state index in [4.69, 9.17) is 0 Å². The Labute approximate surface area is 105 Å². The highest BCUT2D eigenvalue weighted by Gasteiger charge is 2.08. The highest BCUT2D eigenvalue weighted by atomic mass is 127. The average Bonchev–Trinajstić information content (AvgIpc) is 2.42. The number of fused-ring (bicyclic) bond motifs is 1. The summed E-state index contributed by atoms with van der Waals surface area (Å²) in [4.78, 5) is 0. The molecule has 0 saturated carbocycles. The molecule has 0 amide bonds. The first-order chi connectivity index (χ1) is 6.97. The van der Waals surface area contributed by atoms with Gasteiger partial charge in [0.1, 0.15) is 2.60 Å². The second kappa shape index (κ2) is 4.01. The van der Waals surface area contributed by atoms with E-state index in [0.29, 0.717) is 3.42 Å². The number of para-hydroxylation sites is 1. The summed E-state index contributed by atoms with van der Waals surface area (Å²) in [5, 5.41) is 0. The largest absolute Gasteiger partial charge is 0.331 e. The van der Waals surface area contributed by atoms with Gasteiger partial charge in [-0.1, -0.05) is 53.6 Å². The molecule has 0 aliphatic heterocycles. The van der Waals surface area contributed by atoms with Gasteiger partial charge in [-0.15, -0.1) is 11.3 Å². The number of thiazole rings is 1. The molecule has 3 heteroatoms. The third-order valence-electron chi connectivity index (χ3n) is 2.05. The van der Waals surface area contributed by atoms with Gasteiger partial charge in [-0.25, -0.2) is 0 Å². The van der Waals surface area contributed by atoms with Crippen LogP contribution in [0.15, 0.2) is 24.3 Å². The average molecular weight is 333 g/mol. The van der Waals surface area contributed by atoms with E-state index in [0.717, 1.165) is 0 Å². The van der Waals surface area contributed by atoms with E-state index < -0.39 is 0 Å². The number of benzene rings is 1. The Morgan fingerprint density at radius 3 is 2.47 bits per heavy atom. The predicted octanol–water partition coefficient (Wildman–Crippen LogP) is 4.54. The van der Waals surface area contributed by atoms with Gasteiger partial charge in [-0.2, -0.15) is 0 Å². The normalized spacial score (nSPS) is 14.3. The molecule has 0 atom stereocenters. The number of aromatic nitrogens is 1. The van der Waals surface area contributed by atoms with Gasteiger partial charge in [-0.05, 0) is 12.1 Å². The van der Waals surface area contributed by atoms with Gasteiger partial charge in [0, 0.05) is 10.5 Å². The zero-order valence-corrected chi connectivity index (χ0v) is 12.5. The standard InChI is InChI=1S/C12H16INS/c1-12(2,3)13-11-14(4)9-7-5-6-8-10(9)15-11/h5-8H,1-4H3. The first-order valence-electron chi connectivity index (χ1n) is 5.01. The zero-order chi connectivity index (χ0) is 11.1. The predicted molar refractivity (Wildman–Crippen MR) is 77.8 cm³/mol. The minimum absolute atomic E-state index is 0.0951. The molecule has 2 aromatic rings. The summed E-state index contributed by atoms with van der Waals surface area (Å²) in [5.74, 6) is 0. The molecule has 1 aromatic heterocycles. The summed E-state index contributed by atoms with van der Waals surface area (Å²) in [6.07, 6.45) is 0. The van der Waals surface area contributed by atoms with Crippen molar-refractivity contribution in [2.24, 2.45) is 7.05 Å². The van der Waals surface area contributed by atoms with Crippen LogP contribution < -0.4 is 0 Å². The van der Waals surface area contributed by atoms with E-state index in [1.54, 1.807) is 2.60 Å². The third kappa shape index (κ3) is 2.50. The molecule has 15 heavy (non-hydrogen) atoms. The lowest BCUT2D eigenvalue weighted by Gasteiger charge is -2.09. The van der Waals surface area contributed by atoms with Gasteiger partial charge in [0.25, 0.3) is 0 Å². The zero-order valence-electron chi connectivity index (χ0n) is 9.54. The molecule has 0 radical (unpaired) electrons. The number of alkyl halides is 1. The monoisotopic (exact) mass is 333 g/mol. The highest BCUT2D eigenvalue weighted by molar-refractivity contribution is 14.2. The lowest BCUT2D eigenvalue weighted by Crippen LogP contribution is -2.01. The Hall–Kier alpha value is -0.160. The quantitative estimate of drug-likeness (QED) is 0.493. The Morgan fingerprint density at radius 2 is 1.87 bits per heavy atom. The van der Waals surface area contributed by atoms with Crippen LogP contribution in [-0.4, -0.2) is 7.99 Å². The fraction of sp³-hybridized carbons (Fsp3) is 0.417. The van der Waals surface area contributed by atoms with Crippen LogP contribution in [0.4, 0.5) is 0 Å². The molecule has 0 fully saturated rings. The van der Waals surface area contributed by atoms with Crippen LogP contribution in [0.1, 0.15) is 20.8 Å². The van der Waals surface area contributed by atoms with Crippen LogP contribution in [-0.2, 0) is 7.05 Å². The molecular formula is C12H16INS. The first-order valence-corrected chi connectivity index (χ1v) is 7.98. The van der Waals surface area contributed by atoms with Crippen LogP contribution in [0.3, 0.4) is 0 Å². The van der Waals surface area contributed by atoms with Crippen molar-refractivity contribution in [2.75, 3.05) is 0 Å². The molecule has 0 aliphatic carbocycles. The molecule has 2 rings (SSSR count). The number of rotatable bonds is 0. The molecule has 0 unspecified atom stereocenters. The van der Waals surface area contributed by atoms with Crippen LogP contribution in [0, 0.1) is 2.60 Å². The summed E-state index contributed by atoms with van der Waals surface area (Å²) < 4.78 is 5.83. The Bertz CT molecular complexity index is 542. The fourth-order valence-corrected chi connectivity index (χ4v) is 6.91. The maximum absolute atomic E-state index is 2.37. The lowest BCUT2D eigenvalue weighted by molar-refractivity contribution is 0.845. The molecule has 0 bridgehead atoms. The van der Waals surface area contributed by atoms with Crippen molar-refractivity contribution in [3.8, 4) is 0 Å². The van der Waals surface area contributed by atoms with E-state index in [9.17, 15) is 0 Å². The van der Waals surface area contributed by atoms with Gasteiger partial charge < -0.3 is 4.57 Å². The molecule has 82 valence electrons. The van der Waals surface area contributed by atoms with E-state index in [-0.39, 0.29) is 20.7 Å². The van der Waals surface area contributed by atoms with Crippen molar-refractivity contribution in [2.45, 2.75) is 24.2 Å². The number of hydrogen-bond donors (Lipinski definition) is 0. The summed E-state index contributed by atoms with van der Waals surface area (Å²) in [6, 6.07) is 8.67. The molecule has 1 heterocycles. The van der Waals surface area contributed by atoms with E-state index in [1.807, 2.05) is 11.3 Å². The molecule has 0 spiro atoms. The van der Waals surface area contributed by atoms with Gasteiger partial charge in [-0.3, -0.25) is 0 Å². The minimum atomic E-state index is 0.0951. The van der Waals surface area contributed by atoms with Gasteiger partial charge in [0.2, 0.25) is 0 Å². The minimum Gasteiger partial charge on any atom is -0.331 e. The topological polar surface area (TPSA) is 4.93 Å². The van der Waals surface area contributed by atoms with Crippen molar-refractivity contribution in [3.05, 3.63) is 26.9 Å². The Kier molecular flexibility index (Phi) is 3.03. The summed E-state index contributed by atoms with van der Waals surface area (Å²) >= 11 is 2.06. The summed E-state index contributed by atoms with van der Waals surface area (Å²) in [7, 11) is 2.19.